The standard InChI is InChI=1S/C21H21ClN4O2/c1-26(12-19-24-18-8-3-2-7-17(18)20(27)25-19)21(28)23-16-10-14(11-16)13-5-4-6-15(22)9-13/h2-9,14,16H,10-12H2,1H3,(H,23,28)(H,24,25,27). The Morgan fingerprint density at radius 2 is 2.04 bits per heavy atom. The van der Waals surface area contributed by atoms with Crippen LogP contribution in [0.2, 0.25) is 5.02 Å². The molecule has 3 aromatic rings. The Morgan fingerprint density at radius 1 is 1.25 bits per heavy atom. The zero-order chi connectivity index (χ0) is 19.7. The second kappa shape index (κ2) is 7.64. The monoisotopic (exact) mass is 396 g/mol. The lowest BCUT2D eigenvalue weighted by Gasteiger charge is -2.37. The number of carbonyl (C=O) groups excluding carboxylic acids is 1. The summed E-state index contributed by atoms with van der Waals surface area (Å²) >= 11 is 6.05. The van der Waals surface area contributed by atoms with Crippen LogP contribution in [-0.4, -0.2) is 34.0 Å². The Morgan fingerprint density at radius 3 is 2.82 bits per heavy atom. The van der Waals surface area contributed by atoms with E-state index in [1.807, 2.05) is 24.3 Å². The molecule has 0 bridgehead atoms. The highest BCUT2D eigenvalue weighted by atomic mass is 35.5. The third-order valence-electron chi connectivity index (χ3n) is 5.18. The third kappa shape index (κ3) is 3.87. The van der Waals surface area contributed by atoms with Crippen LogP contribution in [-0.2, 0) is 6.54 Å². The first kappa shape index (κ1) is 18.5. The summed E-state index contributed by atoms with van der Waals surface area (Å²) in [5.74, 6) is 0.888. The maximum Gasteiger partial charge on any atom is 0.317 e. The number of benzene rings is 2. The number of rotatable bonds is 4. The van der Waals surface area contributed by atoms with Crippen LogP contribution in [0.3, 0.4) is 0 Å². The van der Waals surface area contributed by atoms with Crippen molar-refractivity contribution < 1.29 is 4.79 Å². The molecule has 1 aliphatic rings. The predicted molar refractivity (Wildman–Crippen MR) is 110 cm³/mol. The lowest BCUT2D eigenvalue weighted by molar-refractivity contribution is 0.189. The lowest BCUT2D eigenvalue weighted by atomic mass is 9.76. The number of hydrogen-bond acceptors (Lipinski definition) is 3. The molecule has 6 nitrogen and oxygen atoms in total. The van der Waals surface area contributed by atoms with Crippen LogP contribution >= 0.6 is 11.6 Å². The molecule has 28 heavy (non-hydrogen) atoms. The molecule has 0 radical (unpaired) electrons. The van der Waals surface area contributed by atoms with Gasteiger partial charge in [0.2, 0.25) is 0 Å². The molecule has 0 saturated heterocycles. The van der Waals surface area contributed by atoms with Crippen LogP contribution in [0, 0.1) is 0 Å². The number of aromatic amines is 1. The molecule has 0 atom stereocenters. The summed E-state index contributed by atoms with van der Waals surface area (Å²) in [6, 6.07) is 15.0. The molecule has 2 aromatic carbocycles. The quantitative estimate of drug-likeness (QED) is 0.706. The van der Waals surface area contributed by atoms with Gasteiger partial charge in [-0.25, -0.2) is 9.78 Å². The molecule has 1 heterocycles. The average Bonchev–Trinajstić information content (AvgIpc) is 2.64. The number of halogens is 1. The molecular weight excluding hydrogens is 376 g/mol. The summed E-state index contributed by atoms with van der Waals surface area (Å²) in [7, 11) is 1.69. The number of aromatic nitrogens is 2. The van der Waals surface area contributed by atoms with E-state index in [4.69, 9.17) is 11.6 Å². The Labute approximate surface area is 167 Å². The Kier molecular flexibility index (Phi) is 5.05. The molecular formula is C21H21ClN4O2. The topological polar surface area (TPSA) is 78.1 Å². The smallest absolute Gasteiger partial charge is 0.317 e. The highest BCUT2D eigenvalue weighted by molar-refractivity contribution is 6.30. The molecule has 1 fully saturated rings. The van der Waals surface area contributed by atoms with Crippen molar-refractivity contribution in [3.8, 4) is 0 Å². The van der Waals surface area contributed by atoms with Crippen molar-refractivity contribution in [2.24, 2.45) is 0 Å². The van der Waals surface area contributed by atoms with Crippen LogP contribution in [0.4, 0.5) is 4.79 Å². The first-order valence-electron chi connectivity index (χ1n) is 9.24. The van der Waals surface area contributed by atoms with E-state index in [1.54, 1.807) is 25.2 Å². The summed E-state index contributed by atoms with van der Waals surface area (Å²) < 4.78 is 0. The van der Waals surface area contributed by atoms with Gasteiger partial charge in [-0.15, -0.1) is 0 Å². The summed E-state index contributed by atoms with van der Waals surface area (Å²) in [4.78, 5) is 33.3. The van der Waals surface area contributed by atoms with Gasteiger partial charge in [-0.3, -0.25) is 4.79 Å². The van der Waals surface area contributed by atoms with E-state index in [0.717, 1.165) is 17.9 Å². The number of carbonyl (C=O) groups is 1. The van der Waals surface area contributed by atoms with E-state index >= 15 is 0 Å². The first-order chi connectivity index (χ1) is 13.5. The second-order valence-electron chi connectivity index (χ2n) is 7.26. The maximum absolute atomic E-state index is 12.5. The second-order valence-corrected chi connectivity index (χ2v) is 7.69. The van der Waals surface area contributed by atoms with Gasteiger partial charge in [0.1, 0.15) is 5.82 Å². The zero-order valence-electron chi connectivity index (χ0n) is 15.5. The molecule has 1 saturated carbocycles. The van der Waals surface area contributed by atoms with Crippen molar-refractivity contribution in [2.75, 3.05) is 7.05 Å². The van der Waals surface area contributed by atoms with E-state index in [0.29, 0.717) is 22.6 Å². The van der Waals surface area contributed by atoms with E-state index < -0.39 is 0 Å². The molecule has 7 heteroatoms. The average molecular weight is 397 g/mol. The van der Waals surface area contributed by atoms with Gasteiger partial charge in [0.05, 0.1) is 17.4 Å². The number of nitrogens with one attached hydrogen (secondary N) is 2. The Bertz CT molecular complexity index is 1080. The van der Waals surface area contributed by atoms with Gasteiger partial charge in [-0.05, 0) is 48.6 Å². The minimum absolute atomic E-state index is 0.141. The van der Waals surface area contributed by atoms with Crippen molar-refractivity contribution in [3.63, 3.8) is 0 Å². The molecule has 1 aromatic heterocycles. The predicted octanol–water partition coefficient (Wildman–Crippen LogP) is 3.66. The van der Waals surface area contributed by atoms with E-state index in [-0.39, 0.29) is 24.2 Å². The number of urea groups is 1. The minimum Gasteiger partial charge on any atom is -0.335 e. The highest BCUT2D eigenvalue weighted by Gasteiger charge is 2.32. The molecule has 144 valence electrons. The van der Waals surface area contributed by atoms with Gasteiger partial charge in [-0.1, -0.05) is 35.9 Å². The third-order valence-corrected chi connectivity index (χ3v) is 5.42. The van der Waals surface area contributed by atoms with Crippen molar-refractivity contribution in [3.05, 3.63) is 75.3 Å². The molecule has 4 rings (SSSR count). The van der Waals surface area contributed by atoms with Gasteiger partial charge < -0.3 is 15.2 Å². The van der Waals surface area contributed by atoms with E-state index in [1.165, 1.54) is 10.5 Å². The number of fused-ring (bicyclic) bond motifs is 1. The lowest BCUT2D eigenvalue weighted by Crippen LogP contribution is -2.48. The molecule has 0 unspecified atom stereocenters. The van der Waals surface area contributed by atoms with Crippen LogP contribution < -0.4 is 10.9 Å². The summed E-state index contributed by atoms with van der Waals surface area (Å²) in [6.45, 7) is 0.232. The molecule has 2 N–H and O–H groups in total. The first-order valence-corrected chi connectivity index (χ1v) is 9.62. The van der Waals surface area contributed by atoms with Gasteiger partial charge in [0.15, 0.2) is 0 Å². The molecule has 1 aliphatic carbocycles. The number of amides is 2. The van der Waals surface area contributed by atoms with Crippen molar-refractivity contribution in [1.82, 2.24) is 20.2 Å². The van der Waals surface area contributed by atoms with Gasteiger partial charge in [-0.2, -0.15) is 0 Å². The van der Waals surface area contributed by atoms with E-state index in [9.17, 15) is 9.59 Å². The summed E-state index contributed by atoms with van der Waals surface area (Å²) in [5.41, 5.74) is 1.64. The fourth-order valence-corrected chi connectivity index (χ4v) is 3.76. The van der Waals surface area contributed by atoms with Crippen molar-refractivity contribution in [2.45, 2.75) is 31.3 Å². The Hall–Kier alpha value is -2.86. The Balaban J connectivity index is 1.34. The molecule has 0 spiro atoms. The SMILES string of the molecule is CN(Cc1nc2ccccc2c(=O)[nH]1)C(=O)NC1CC(c2cccc(Cl)c2)C1. The molecule has 0 aliphatic heterocycles. The minimum atomic E-state index is -0.197. The normalized spacial score (nSPS) is 18.5. The van der Waals surface area contributed by atoms with Crippen LogP contribution in [0.25, 0.3) is 10.9 Å². The van der Waals surface area contributed by atoms with Crippen LogP contribution in [0.15, 0.2) is 53.3 Å². The molecule has 2 amide bonds. The number of H-pyrrole nitrogens is 1. The van der Waals surface area contributed by atoms with Crippen LogP contribution in [0.5, 0.6) is 0 Å². The largest absolute Gasteiger partial charge is 0.335 e. The highest BCUT2D eigenvalue weighted by Crippen LogP contribution is 2.37. The fourth-order valence-electron chi connectivity index (χ4n) is 3.56. The maximum atomic E-state index is 12.5. The summed E-state index contributed by atoms with van der Waals surface area (Å²) in [5, 5.41) is 4.32. The number of hydrogen-bond donors (Lipinski definition) is 2. The van der Waals surface area contributed by atoms with Crippen LogP contribution in [0.1, 0.15) is 30.1 Å². The van der Waals surface area contributed by atoms with Gasteiger partial charge in [0, 0.05) is 18.1 Å². The van der Waals surface area contributed by atoms with Gasteiger partial charge in [0.25, 0.3) is 5.56 Å². The number of nitrogens with zero attached hydrogens (tertiary/aromatic N) is 2. The van der Waals surface area contributed by atoms with Crippen molar-refractivity contribution in [1.29, 1.82) is 0 Å². The zero-order valence-corrected chi connectivity index (χ0v) is 16.2. The summed E-state index contributed by atoms with van der Waals surface area (Å²) in [6.07, 6.45) is 1.79. The fraction of sp³-hybridized carbons (Fsp3) is 0.286. The number of para-hydroxylation sites is 1. The van der Waals surface area contributed by atoms with Crippen molar-refractivity contribution >= 4 is 28.5 Å². The van der Waals surface area contributed by atoms with Gasteiger partial charge >= 0.3 is 6.03 Å². The van der Waals surface area contributed by atoms with E-state index in [2.05, 4.69) is 21.4 Å².